The van der Waals surface area contributed by atoms with Gasteiger partial charge in [0.25, 0.3) is 10.1 Å². The van der Waals surface area contributed by atoms with Gasteiger partial charge in [-0.15, -0.1) is 0 Å². The molecule has 17 heavy (non-hydrogen) atoms. The zero-order valence-corrected chi connectivity index (χ0v) is 11.1. The number of methoxy groups -OCH3 is 1. The molecule has 0 fully saturated rings. The van der Waals surface area contributed by atoms with Crippen molar-refractivity contribution in [2.45, 2.75) is 6.92 Å². The molecule has 1 rings (SSSR count). The van der Waals surface area contributed by atoms with Crippen LogP contribution in [-0.4, -0.2) is 22.1 Å². The van der Waals surface area contributed by atoms with E-state index < -0.39 is 10.1 Å². The van der Waals surface area contributed by atoms with E-state index in [1.54, 1.807) is 25.1 Å². The zero-order chi connectivity index (χ0) is 12.9. The highest BCUT2D eigenvalue weighted by Crippen LogP contribution is 2.24. The SMILES string of the molecule is CCOS(=O)(=O)C=Cc1ccc(Cl)cc1OC. The first-order valence-electron chi connectivity index (χ1n) is 4.89. The Balaban J connectivity index is 2.99. The van der Waals surface area contributed by atoms with Crippen LogP contribution in [0, 0.1) is 0 Å². The summed E-state index contributed by atoms with van der Waals surface area (Å²) in [6.45, 7) is 1.71. The molecule has 0 aliphatic carbocycles. The maximum atomic E-state index is 11.3. The Labute approximate surface area is 106 Å². The van der Waals surface area contributed by atoms with E-state index >= 15 is 0 Å². The van der Waals surface area contributed by atoms with Crippen molar-refractivity contribution in [1.29, 1.82) is 0 Å². The van der Waals surface area contributed by atoms with Gasteiger partial charge in [-0.25, -0.2) is 0 Å². The molecule has 4 nitrogen and oxygen atoms in total. The van der Waals surface area contributed by atoms with Crippen LogP contribution < -0.4 is 4.74 Å². The van der Waals surface area contributed by atoms with Gasteiger partial charge in [0.05, 0.1) is 19.1 Å². The molecule has 0 spiro atoms. The van der Waals surface area contributed by atoms with Gasteiger partial charge in [-0.3, -0.25) is 4.18 Å². The highest BCUT2D eigenvalue weighted by atomic mass is 35.5. The number of rotatable bonds is 5. The fourth-order valence-electron chi connectivity index (χ4n) is 1.18. The van der Waals surface area contributed by atoms with Gasteiger partial charge in [0.1, 0.15) is 5.75 Å². The summed E-state index contributed by atoms with van der Waals surface area (Å²) in [4.78, 5) is 0. The highest BCUT2D eigenvalue weighted by molar-refractivity contribution is 7.89. The Morgan fingerprint density at radius 3 is 2.71 bits per heavy atom. The molecule has 6 heteroatoms. The fourth-order valence-corrected chi connectivity index (χ4v) is 2.07. The Morgan fingerprint density at radius 2 is 2.12 bits per heavy atom. The number of benzene rings is 1. The number of hydrogen-bond donors (Lipinski definition) is 0. The van der Waals surface area contributed by atoms with E-state index in [-0.39, 0.29) is 6.61 Å². The third-order valence-electron chi connectivity index (χ3n) is 1.89. The predicted molar refractivity (Wildman–Crippen MR) is 67.6 cm³/mol. The topological polar surface area (TPSA) is 52.6 Å². The standard InChI is InChI=1S/C11H13ClO4S/c1-3-16-17(13,14)7-6-9-4-5-10(12)8-11(9)15-2/h4-8H,3H2,1-2H3. The van der Waals surface area contributed by atoms with Gasteiger partial charge >= 0.3 is 0 Å². The molecular weight excluding hydrogens is 264 g/mol. The Bertz CT molecular complexity index is 508. The molecule has 0 bridgehead atoms. The van der Waals surface area contributed by atoms with Crippen LogP contribution in [0.25, 0.3) is 6.08 Å². The quantitative estimate of drug-likeness (QED) is 0.776. The Hall–Kier alpha value is -1.04. The minimum Gasteiger partial charge on any atom is -0.496 e. The van der Waals surface area contributed by atoms with Crippen molar-refractivity contribution in [3.05, 3.63) is 34.2 Å². The van der Waals surface area contributed by atoms with Crippen molar-refractivity contribution in [1.82, 2.24) is 0 Å². The number of ether oxygens (including phenoxy) is 1. The molecule has 0 radical (unpaired) electrons. The summed E-state index contributed by atoms with van der Waals surface area (Å²) in [6, 6.07) is 4.92. The maximum absolute atomic E-state index is 11.3. The summed E-state index contributed by atoms with van der Waals surface area (Å²) >= 11 is 5.79. The second-order valence-corrected chi connectivity index (χ2v) is 5.02. The van der Waals surface area contributed by atoms with Gasteiger partial charge in [0.2, 0.25) is 0 Å². The van der Waals surface area contributed by atoms with Gasteiger partial charge < -0.3 is 4.74 Å². The highest BCUT2D eigenvalue weighted by Gasteiger charge is 2.06. The number of halogens is 1. The van der Waals surface area contributed by atoms with E-state index in [1.165, 1.54) is 13.2 Å². The number of hydrogen-bond acceptors (Lipinski definition) is 4. The first-order valence-corrected chi connectivity index (χ1v) is 6.74. The first-order chi connectivity index (χ1) is 7.98. The van der Waals surface area contributed by atoms with E-state index in [2.05, 4.69) is 4.18 Å². The van der Waals surface area contributed by atoms with E-state index in [1.807, 2.05) is 0 Å². The van der Waals surface area contributed by atoms with Crippen molar-refractivity contribution in [2.75, 3.05) is 13.7 Å². The molecule has 0 saturated heterocycles. The van der Waals surface area contributed by atoms with Crippen LogP contribution >= 0.6 is 11.6 Å². The molecule has 0 saturated carbocycles. The first kappa shape index (κ1) is 14.0. The normalized spacial score (nSPS) is 11.9. The molecular formula is C11H13ClO4S. The van der Waals surface area contributed by atoms with Crippen LogP contribution in [0.4, 0.5) is 0 Å². The molecule has 1 aromatic carbocycles. The van der Waals surface area contributed by atoms with E-state index in [0.717, 1.165) is 5.41 Å². The molecule has 0 heterocycles. The van der Waals surface area contributed by atoms with Gasteiger partial charge in [-0.1, -0.05) is 11.6 Å². The summed E-state index contributed by atoms with van der Waals surface area (Å²) in [5, 5.41) is 1.51. The minimum atomic E-state index is -3.63. The molecule has 0 unspecified atom stereocenters. The Morgan fingerprint density at radius 1 is 1.41 bits per heavy atom. The Kier molecular flexibility index (Phi) is 4.99. The largest absolute Gasteiger partial charge is 0.496 e. The fraction of sp³-hybridized carbons (Fsp3) is 0.273. The van der Waals surface area contributed by atoms with Gasteiger partial charge in [-0.2, -0.15) is 8.42 Å². The monoisotopic (exact) mass is 276 g/mol. The zero-order valence-electron chi connectivity index (χ0n) is 9.51. The molecule has 94 valence electrons. The average molecular weight is 277 g/mol. The summed E-state index contributed by atoms with van der Waals surface area (Å²) in [5.41, 5.74) is 0.611. The molecule has 1 aromatic rings. The lowest BCUT2D eigenvalue weighted by Gasteiger charge is -2.04. The van der Waals surface area contributed by atoms with Crippen molar-refractivity contribution in [2.24, 2.45) is 0 Å². The molecule has 0 atom stereocenters. The van der Waals surface area contributed by atoms with E-state index in [9.17, 15) is 8.42 Å². The molecule has 0 aromatic heterocycles. The predicted octanol–water partition coefficient (Wildman–Crippen LogP) is 2.69. The van der Waals surface area contributed by atoms with Gasteiger partial charge in [-0.05, 0) is 31.2 Å². The van der Waals surface area contributed by atoms with E-state index in [0.29, 0.717) is 16.3 Å². The molecule has 0 aliphatic rings. The summed E-state index contributed by atoms with van der Waals surface area (Å²) < 4.78 is 32.2. The summed E-state index contributed by atoms with van der Waals surface area (Å²) in [5.74, 6) is 0.500. The van der Waals surface area contributed by atoms with Crippen molar-refractivity contribution in [3.8, 4) is 5.75 Å². The van der Waals surface area contributed by atoms with Crippen LogP contribution in [0.2, 0.25) is 5.02 Å². The van der Waals surface area contributed by atoms with E-state index in [4.69, 9.17) is 16.3 Å². The van der Waals surface area contributed by atoms with Gasteiger partial charge in [0, 0.05) is 10.6 Å². The second kappa shape index (κ2) is 6.05. The lowest BCUT2D eigenvalue weighted by molar-refractivity contribution is 0.345. The lowest BCUT2D eigenvalue weighted by Crippen LogP contribution is -2.00. The smallest absolute Gasteiger partial charge is 0.290 e. The van der Waals surface area contributed by atoms with Crippen LogP contribution in [0.1, 0.15) is 12.5 Å². The summed E-state index contributed by atoms with van der Waals surface area (Å²) in [6.07, 6.45) is 1.40. The van der Waals surface area contributed by atoms with Crippen molar-refractivity contribution < 1.29 is 17.3 Å². The van der Waals surface area contributed by atoms with Gasteiger partial charge in [0.15, 0.2) is 0 Å². The summed E-state index contributed by atoms with van der Waals surface area (Å²) in [7, 11) is -2.15. The van der Waals surface area contributed by atoms with Crippen LogP contribution in [0.3, 0.4) is 0 Å². The maximum Gasteiger partial charge on any atom is 0.290 e. The third kappa shape index (κ3) is 4.38. The van der Waals surface area contributed by atoms with Crippen LogP contribution in [0.15, 0.2) is 23.6 Å². The van der Waals surface area contributed by atoms with Crippen LogP contribution in [0.5, 0.6) is 5.75 Å². The molecule has 0 N–H and O–H groups in total. The average Bonchev–Trinajstić information content (AvgIpc) is 2.27. The lowest BCUT2D eigenvalue weighted by atomic mass is 10.2. The van der Waals surface area contributed by atoms with Crippen molar-refractivity contribution in [3.63, 3.8) is 0 Å². The minimum absolute atomic E-state index is 0.102. The van der Waals surface area contributed by atoms with Crippen molar-refractivity contribution >= 4 is 27.8 Å². The van der Waals surface area contributed by atoms with Crippen LogP contribution in [-0.2, 0) is 14.3 Å². The third-order valence-corrected chi connectivity index (χ3v) is 3.16. The molecule has 0 aliphatic heterocycles. The second-order valence-electron chi connectivity index (χ2n) is 3.09. The molecule has 0 amide bonds.